The van der Waals surface area contributed by atoms with Crippen LogP contribution in [0.1, 0.15) is 15.9 Å². The topological polar surface area (TPSA) is 148 Å². The van der Waals surface area contributed by atoms with Gasteiger partial charge < -0.3 is 29.9 Å². The van der Waals surface area contributed by atoms with E-state index in [1.54, 1.807) is 6.08 Å². The number of phenols is 4. The Balaban J connectivity index is 0.000000186. The summed E-state index contributed by atoms with van der Waals surface area (Å²) in [5.41, 5.74) is 0.861. The zero-order valence-corrected chi connectivity index (χ0v) is 19.8. The van der Waals surface area contributed by atoms with Gasteiger partial charge in [0.05, 0.1) is 0 Å². The molecule has 5 aromatic rings. The predicted molar refractivity (Wildman–Crippen MR) is 142 cm³/mol. The molecule has 4 aromatic carbocycles. The van der Waals surface area contributed by atoms with Crippen molar-refractivity contribution in [2.45, 2.75) is 0 Å². The average Bonchev–Trinajstić information content (AvgIpc) is 2.92. The Kier molecular flexibility index (Phi) is 7.44. The summed E-state index contributed by atoms with van der Waals surface area (Å²) in [6, 6.07) is 24.7. The van der Waals surface area contributed by atoms with Crippen LogP contribution in [0.3, 0.4) is 0 Å². The number of carbonyl (C=O) groups is 1. The van der Waals surface area contributed by atoms with Crippen LogP contribution in [-0.4, -0.2) is 31.3 Å². The molecule has 1 aromatic heterocycles. The van der Waals surface area contributed by atoms with E-state index in [1.165, 1.54) is 6.07 Å². The van der Waals surface area contributed by atoms with Gasteiger partial charge in [0.15, 0.2) is 23.0 Å². The van der Waals surface area contributed by atoms with E-state index in [-0.39, 0.29) is 39.6 Å². The van der Waals surface area contributed by atoms with Crippen molar-refractivity contribution in [2.75, 3.05) is 0 Å². The summed E-state index contributed by atoms with van der Waals surface area (Å²) in [5.74, 6) is -2.68. The Bertz CT molecular complexity index is 1690. The molecule has 0 aliphatic carbocycles. The molecule has 8 nitrogen and oxygen atoms in total. The first-order valence-electron chi connectivity index (χ1n) is 11.3. The van der Waals surface area contributed by atoms with E-state index in [9.17, 15) is 35.1 Å². The van der Waals surface area contributed by atoms with Crippen LogP contribution in [-0.2, 0) is 0 Å². The lowest BCUT2D eigenvalue weighted by Gasteiger charge is -2.08. The van der Waals surface area contributed by atoms with Crippen molar-refractivity contribution in [1.82, 2.24) is 0 Å². The summed E-state index contributed by atoms with van der Waals surface area (Å²) in [7, 11) is 0. The highest BCUT2D eigenvalue weighted by atomic mass is 16.4. The van der Waals surface area contributed by atoms with E-state index in [0.29, 0.717) is 0 Å². The lowest BCUT2D eigenvalue weighted by atomic mass is 10.1. The smallest absolute Gasteiger partial charge is 0.238 e. The van der Waals surface area contributed by atoms with E-state index in [0.717, 1.165) is 35.4 Å². The van der Waals surface area contributed by atoms with E-state index in [4.69, 9.17) is 4.42 Å². The third-order valence-corrected chi connectivity index (χ3v) is 5.46. The fourth-order valence-electron chi connectivity index (χ4n) is 3.57. The van der Waals surface area contributed by atoms with Gasteiger partial charge in [0.1, 0.15) is 22.5 Å². The first-order valence-corrected chi connectivity index (χ1v) is 11.3. The quantitative estimate of drug-likeness (QED) is 0.120. The molecule has 0 saturated heterocycles. The van der Waals surface area contributed by atoms with Crippen LogP contribution in [0.4, 0.5) is 0 Å². The Morgan fingerprint density at radius 2 is 1.37 bits per heavy atom. The van der Waals surface area contributed by atoms with E-state index in [2.05, 4.69) is 0 Å². The van der Waals surface area contributed by atoms with Gasteiger partial charge in [-0.2, -0.15) is 0 Å². The maximum Gasteiger partial charge on any atom is 0.238 e. The molecule has 0 unspecified atom stereocenters. The minimum Gasteiger partial charge on any atom is -0.508 e. The number of hydrogen-bond donors (Lipinski definition) is 5. The van der Waals surface area contributed by atoms with Crippen molar-refractivity contribution in [3.8, 4) is 40.1 Å². The second kappa shape index (κ2) is 11.0. The average molecular weight is 510 g/mol. The number of hydrogen-bond acceptors (Lipinski definition) is 8. The highest BCUT2D eigenvalue weighted by Crippen LogP contribution is 2.37. The van der Waals surface area contributed by atoms with Crippen molar-refractivity contribution in [3.05, 3.63) is 118 Å². The van der Waals surface area contributed by atoms with Crippen molar-refractivity contribution in [1.29, 1.82) is 0 Å². The van der Waals surface area contributed by atoms with Gasteiger partial charge in [-0.1, -0.05) is 66.7 Å². The van der Waals surface area contributed by atoms with Gasteiger partial charge in [-0.05, 0) is 29.8 Å². The normalized spacial score (nSPS) is 10.7. The molecule has 0 bridgehead atoms. The molecule has 0 saturated carbocycles. The fraction of sp³-hybridized carbons (Fsp3) is 0. The van der Waals surface area contributed by atoms with Crippen LogP contribution < -0.4 is 5.43 Å². The third-order valence-electron chi connectivity index (χ3n) is 5.46. The summed E-state index contributed by atoms with van der Waals surface area (Å²) in [6.45, 7) is 0. The van der Waals surface area contributed by atoms with Crippen LogP contribution in [0.5, 0.6) is 28.7 Å². The molecular weight excluding hydrogens is 488 g/mol. The van der Waals surface area contributed by atoms with Crippen molar-refractivity contribution in [3.63, 3.8) is 0 Å². The van der Waals surface area contributed by atoms with E-state index < -0.39 is 22.7 Å². The number of phenolic OH excluding ortho intramolecular Hbond substituents is 4. The predicted octanol–water partition coefficient (Wildman–Crippen LogP) is 5.57. The van der Waals surface area contributed by atoms with Gasteiger partial charge in [0, 0.05) is 23.3 Å². The van der Waals surface area contributed by atoms with Gasteiger partial charge in [-0.25, -0.2) is 0 Å². The van der Waals surface area contributed by atoms with E-state index in [1.807, 2.05) is 66.7 Å². The molecule has 0 atom stereocenters. The summed E-state index contributed by atoms with van der Waals surface area (Å²) >= 11 is 0. The van der Waals surface area contributed by atoms with Crippen molar-refractivity contribution in [2.24, 2.45) is 0 Å². The molecule has 0 amide bonds. The number of carbonyl (C=O) groups excluding carboxylic acids is 1. The maximum atomic E-state index is 12.1. The van der Waals surface area contributed by atoms with Crippen LogP contribution in [0, 0.1) is 0 Å². The first kappa shape index (κ1) is 25.6. The number of aromatic hydroxyl groups is 5. The molecule has 0 aliphatic rings. The van der Waals surface area contributed by atoms with Crippen LogP contribution >= 0.6 is 0 Å². The second-order valence-electron chi connectivity index (χ2n) is 8.12. The Labute approximate surface area is 216 Å². The molecule has 1 heterocycles. The molecule has 0 spiro atoms. The summed E-state index contributed by atoms with van der Waals surface area (Å²) < 4.78 is 5.35. The summed E-state index contributed by atoms with van der Waals surface area (Å²) in [6.07, 6.45) is 3.43. The molecular formula is C30H22O8. The SMILES string of the molecule is O=C(/C=C/c1ccccc1)c1ccccc1.O=c1c(O)c(-c2ccc(O)c(O)c2)oc2cc(O)cc(O)c12. The zero-order valence-electron chi connectivity index (χ0n) is 19.8. The minimum atomic E-state index is -0.888. The number of benzene rings is 4. The molecule has 38 heavy (non-hydrogen) atoms. The molecule has 5 rings (SSSR count). The molecule has 5 N–H and O–H groups in total. The summed E-state index contributed by atoms with van der Waals surface area (Å²) in [4.78, 5) is 23.9. The zero-order chi connectivity index (χ0) is 27.2. The third kappa shape index (κ3) is 5.66. The van der Waals surface area contributed by atoms with Crippen LogP contribution in [0.25, 0.3) is 28.4 Å². The van der Waals surface area contributed by atoms with Gasteiger partial charge in [0.25, 0.3) is 0 Å². The maximum absolute atomic E-state index is 12.1. The number of rotatable bonds is 4. The Hall–Kier alpha value is -5.50. The summed E-state index contributed by atoms with van der Waals surface area (Å²) in [5, 5.41) is 47.6. The van der Waals surface area contributed by atoms with E-state index >= 15 is 0 Å². The molecule has 8 heteroatoms. The Morgan fingerprint density at radius 3 is 2.03 bits per heavy atom. The van der Waals surface area contributed by atoms with Gasteiger partial charge in [-0.3, -0.25) is 9.59 Å². The van der Waals surface area contributed by atoms with Crippen LogP contribution in [0.15, 0.2) is 106 Å². The lowest BCUT2D eigenvalue weighted by Crippen LogP contribution is -2.02. The standard InChI is InChI=1S/C15H10O7.C15H12O/c16-7-4-10(19)12-11(5-7)22-15(14(21)13(12)20)6-1-2-8(17)9(18)3-6;16-15(14-9-5-2-6-10-14)12-11-13-7-3-1-4-8-13/h1-5,16-19,21H;1-12H/b;12-11+. The van der Waals surface area contributed by atoms with Gasteiger partial charge in [0.2, 0.25) is 11.2 Å². The fourth-order valence-corrected chi connectivity index (χ4v) is 3.57. The number of ketones is 1. The first-order chi connectivity index (χ1) is 18.2. The number of allylic oxidation sites excluding steroid dienone is 1. The monoisotopic (exact) mass is 510 g/mol. The lowest BCUT2D eigenvalue weighted by molar-refractivity contribution is 0.104. The highest BCUT2D eigenvalue weighted by Gasteiger charge is 2.19. The molecule has 0 fully saturated rings. The largest absolute Gasteiger partial charge is 0.508 e. The van der Waals surface area contributed by atoms with Gasteiger partial charge in [-0.15, -0.1) is 0 Å². The molecule has 0 aliphatic heterocycles. The van der Waals surface area contributed by atoms with Crippen molar-refractivity contribution >= 4 is 22.8 Å². The van der Waals surface area contributed by atoms with Crippen LogP contribution in [0.2, 0.25) is 0 Å². The van der Waals surface area contributed by atoms with Gasteiger partial charge >= 0.3 is 0 Å². The molecule has 190 valence electrons. The Morgan fingerprint density at radius 1 is 0.711 bits per heavy atom. The minimum absolute atomic E-state index is 0.0319. The highest BCUT2D eigenvalue weighted by molar-refractivity contribution is 6.06. The second-order valence-corrected chi connectivity index (χ2v) is 8.12. The van der Waals surface area contributed by atoms with Crippen molar-refractivity contribution < 1.29 is 34.7 Å². The number of fused-ring (bicyclic) bond motifs is 1. The molecule has 0 radical (unpaired) electrons.